The Balaban J connectivity index is 1.70. The van der Waals surface area contributed by atoms with Crippen molar-refractivity contribution in [2.45, 2.75) is 37.3 Å². The fraction of sp³-hybridized carbons (Fsp3) is 0.600. The average Bonchev–Trinajstić information content (AvgIpc) is 2.45. The van der Waals surface area contributed by atoms with E-state index in [1.165, 1.54) is 0 Å². The fourth-order valence-corrected chi connectivity index (χ4v) is 3.60. The summed E-state index contributed by atoms with van der Waals surface area (Å²) >= 11 is 11.7. The lowest BCUT2D eigenvalue weighted by Gasteiger charge is -2.43. The van der Waals surface area contributed by atoms with Crippen molar-refractivity contribution in [2.75, 3.05) is 25.1 Å². The van der Waals surface area contributed by atoms with Crippen molar-refractivity contribution in [1.29, 1.82) is 0 Å². The van der Waals surface area contributed by atoms with Gasteiger partial charge in [-0.05, 0) is 37.8 Å². The second kappa shape index (κ2) is 6.29. The maximum absolute atomic E-state index is 13.4. The number of hydrogen-bond donors (Lipinski definition) is 1. The third-order valence-corrected chi connectivity index (χ3v) is 4.80. The predicted molar refractivity (Wildman–Crippen MR) is 81.8 cm³/mol. The van der Waals surface area contributed by atoms with Crippen molar-refractivity contribution in [3.05, 3.63) is 28.0 Å². The normalized spacial score (nSPS) is 25.0. The van der Waals surface area contributed by atoms with Crippen LogP contribution in [0.1, 0.15) is 25.7 Å². The average molecular weight is 334 g/mol. The summed E-state index contributed by atoms with van der Waals surface area (Å²) in [6, 6.07) is 3.43. The molecule has 3 rings (SSSR count). The lowest BCUT2D eigenvalue weighted by Crippen LogP contribution is -2.47. The lowest BCUT2D eigenvalue weighted by molar-refractivity contribution is -0.135. The molecule has 3 nitrogen and oxygen atoms in total. The van der Waals surface area contributed by atoms with Gasteiger partial charge in [0.2, 0.25) is 0 Å². The highest BCUT2D eigenvalue weighted by Gasteiger charge is 2.39. The monoisotopic (exact) mass is 333 g/mol. The number of anilines is 1. The van der Waals surface area contributed by atoms with Gasteiger partial charge >= 0.3 is 0 Å². The molecular weight excluding hydrogens is 316 g/mol. The van der Waals surface area contributed by atoms with Gasteiger partial charge in [-0.1, -0.05) is 23.2 Å². The van der Waals surface area contributed by atoms with Crippen LogP contribution in [0.4, 0.5) is 10.1 Å². The molecule has 0 aliphatic carbocycles. The lowest BCUT2D eigenvalue weighted by atomic mass is 9.84. The van der Waals surface area contributed by atoms with Crippen LogP contribution in [0.2, 0.25) is 10.0 Å². The molecule has 2 aliphatic rings. The van der Waals surface area contributed by atoms with Gasteiger partial charge in [-0.25, -0.2) is 4.39 Å². The molecule has 2 saturated heterocycles. The molecule has 0 radical (unpaired) electrons. The van der Waals surface area contributed by atoms with E-state index in [2.05, 4.69) is 5.32 Å². The molecule has 1 unspecified atom stereocenters. The zero-order valence-corrected chi connectivity index (χ0v) is 13.1. The zero-order chi connectivity index (χ0) is 14.9. The molecule has 0 saturated carbocycles. The predicted octanol–water partition coefficient (Wildman–Crippen LogP) is 4.27. The quantitative estimate of drug-likeness (QED) is 0.819. The van der Waals surface area contributed by atoms with E-state index in [1.807, 2.05) is 0 Å². The van der Waals surface area contributed by atoms with E-state index in [4.69, 9.17) is 32.7 Å². The summed E-state index contributed by atoms with van der Waals surface area (Å²) in [5.41, 5.74) is 0.669. The number of benzene rings is 1. The molecule has 2 heterocycles. The Hall–Kier alpha value is -0.550. The second-order valence-electron chi connectivity index (χ2n) is 5.73. The third kappa shape index (κ3) is 3.45. The van der Waals surface area contributed by atoms with Crippen molar-refractivity contribution in [3.63, 3.8) is 0 Å². The molecule has 2 aliphatic heterocycles. The Morgan fingerprint density at radius 1 is 1.14 bits per heavy atom. The van der Waals surface area contributed by atoms with Crippen LogP contribution in [0.3, 0.4) is 0 Å². The first kappa shape index (κ1) is 15.3. The zero-order valence-electron chi connectivity index (χ0n) is 11.6. The highest BCUT2D eigenvalue weighted by molar-refractivity contribution is 6.35. The van der Waals surface area contributed by atoms with Crippen LogP contribution in [0.25, 0.3) is 0 Å². The van der Waals surface area contributed by atoms with Crippen LogP contribution in [0, 0.1) is 5.82 Å². The van der Waals surface area contributed by atoms with E-state index in [-0.39, 0.29) is 21.7 Å². The summed E-state index contributed by atoms with van der Waals surface area (Å²) in [7, 11) is 0. The molecule has 6 heteroatoms. The summed E-state index contributed by atoms with van der Waals surface area (Å²) in [6.45, 7) is 2.22. The Kier molecular flexibility index (Phi) is 4.60. The van der Waals surface area contributed by atoms with Crippen LogP contribution >= 0.6 is 23.2 Å². The first-order valence-electron chi connectivity index (χ1n) is 7.21. The minimum atomic E-state index is -0.572. The number of nitrogens with one attached hydrogen (secondary N) is 1. The fourth-order valence-electron chi connectivity index (χ4n) is 3.12. The summed E-state index contributed by atoms with van der Waals surface area (Å²) in [5, 5.41) is 3.48. The maximum Gasteiger partial charge on any atom is 0.160 e. The maximum atomic E-state index is 13.4. The number of halogens is 3. The minimum Gasteiger partial charge on any atom is -0.382 e. The molecule has 1 aromatic rings. The molecule has 1 N–H and O–H groups in total. The summed E-state index contributed by atoms with van der Waals surface area (Å²) in [6.07, 6.45) is 3.68. The standard InChI is InChI=1S/C15H18Cl2FNO2/c16-12-7-11(8-13(17)14(12)18)19-10-1-4-21-15(9-10)2-5-20-6-3-15/h7-8,10,19H,1-6,9H2. The van der Waals surface area contributed by atoms with Crippen molar-refractivity contribution in [2.24, 2.45) is 0 Å². The molecular formula is C15H18Cl2FNO2. The topological polar surface area (TPSA) is 30.5 Å². The van der Waals surface area contributed by atoms with E-state index in [0.29, 0.717) is 0 Å². The van der Waals surface area contributed by atoms with Gasteiger partial charge in [-0.2, -0.15) is 0 Å². The van der Waals surface area contributed by atoms with Gasteiger partial charge in [-0.15, -0.1) is 0 Å². The molecule has 0 bridgehead atoms. The summed E-state index contributed by atoms with van der Waals surface area (Å²) < 4.78 is 24.9. The van der Waals surface area contributed by atoms with Crippen molar-refractivity contribution >= 4 is 28.9 Å². The second-order valence-corrected chi connectivity index (χ2v) is 6.55. The van der Waals surface area contributed by atoms with Gasteiger partial charge in [-0.3, -0.25) is 0 Å². The minimum absolute atomic E-state index is 0.0397. The van der Waals surface area contributed by atoms with Crippen molar-refractivity contribution in [1.82, 2.24) is 0 Å². The molecule has 2 fully saturated rings. The Bertz CT molecular complexity index is 492. The van der Waals surface area contributed by atoms with E-state index in [1.54, 1.807) is 12.1 Å². The SMILES string of the molecule is Fc1c(Cl)cc(NC2CCOC3(CCOCC3)C2)cc1Cl. The van der Waals surface area contributed by atoms with Gasteiger partial charge in [0.05, 0.1) is 15.6 Å². The van der Waals surface area contributed by atoms with Crippen LogP contribution in [0.15, 0.2) is 12.1 Å². The van der Waals surface area contributed by atoms with Crippen molar-refractivity contribution < 1.29 is 13.9 Å². The van der Waals surface area contributed by atoms with Gasteiger partial charge in [0.15, 0.2) is 5.82 Å². The van der Waals surface area contributed by atoms with Crippen LogP contribution in [0.5, 0.6) is 0 Å². The Labute approximate surface area is 133 Å². The van der Waals surface area contributed by atoms with Crippen molar-refractivity contribution in [3.8, 4) is 0 Å². The first-order valence-corrected chi connectivity index (χ1v) is 7.96. The van der Waals surface area contributed by atoms with Gasteiger partial charge < -0.3 is 14.8 Å². The van der Waals surface area contributed by atoms with Crippen LogP contribution < -0.4 is 5.32 Å². The molecule has 1 aromatic carbocycles. The summed E-state index contributed by atoms with van der Waals surface area (Å²) in [4.78, 5) is 0. The van der Waals surface area contributed by atoms with Gasteiger partial charge in [0.25, 0.3) is 0 Å². The molecule has 1 spiro atoms. The van der Waals surface area contributed by atoms with Gasteiger partial charge in [0, 0.05) is 31.5 Å². The number of rotatable bonds is 2. The molecule has 0 aromatic heterocycles. The van der Waals surface area contributed by atoms with Gasteiger partial charge in [0.1, 0.15) is 0 Å². The van der Waals surface area contributed by atoms with Crippen LogP contribution in [-0.2, 0) is 9.47 Å². The number of ether oxygens (including phenoxy) is 2. The smallest absolute Gasteiger partial charge is 0.160 e. The molecule has 1 atom stereocenters. The number of hydrogen-bond acceptors (Lipinski definition) is 3. The summed E-state index contributed by atoms with van der Waals surface area (Å²) in [5.74, 6) is -0.572. The van der Waals surface area contributed by atoms with E-state index in [9.17, 15) is 4.39 Å². The highest BCUT2D eigenvalue weighted by Crippen LogP contribution is 2.36. The van der Waals surface area contributed by atoms with E-state index >= 15 is 0 Å². The Morgan fingerprint density at radius 2 is 1.81 bits per heavy atom. The Morgan fingerprint density at radius 3 is 2.48 bits per heavy atom. The largest absolute Gasteiger partial charge is 0.382 e. The molecule has 21 heavy (non-hydrogen) atoms. The van der Waals surface area contributed by atoms with E-state index < -0.39 is 5.82 Å². The third-order valence-electron chi connectivity index (χ3n) is 4.25. The van der Waals surface area contributed by atoms with Crippen LogP contribution in [-0.4, -0.2) is 31.5 Å². The van der Waals surface area contributed by atoms with E-state index in [0.717, 1.165) is 51.2 Å². The first-order chi connectivity index (χ1) is 10.1. The molecule has 0 amide bonds. The highest BCUT2D eigenvalue weighted by atomic mass is 35.5. The molecule has 116 valence electrons.